The fourth-order valence-electron chi connectivity index (χ4n) is 19.1. The number of aromatic nitrogens is 12. The van der Waals surface area contributed by atoms with E-state index in [0.717, 1.165) is 171 Å². The molecule has 21 heteroatoms. The number of rotatable bonds is 12. The van der Waals surface area contributed by atoms with Crippen LogP contribution in [-0.4, -0.2) is 59.8 Å². The molecular weight excluding hydrogens is 1800 g/mol. The zero-order valence-corrected chi connectivity index (χ0v) is 76.6. The number of para-hydroxylation sites is 6. The number of oxazole rings is 3. The van der Waals surface area contributed by atoms with Crippen LogP contribution in [0, 0.1) is 0 Å². The van der Waals surface area contributed by atoms with Crippen LogP contribution in [-0.2, 0) is 0 Å². The van der Waals surface area contributed by atoms with E-state index >= 15 is 0 Å². The van der Waals surface area contributed by atoms with Gasteiger partial charge in [-0.2, -0.15) is 0 Å². The van der Waals surface area contributed by atoms with Crippen molar-refractivity contribution >= 4 is 194 Å². The van der Waals surface area contributed by atoms with Gasteiger partial charge in [0, 0.05) is 160 Å². The minimum atomic E-state index is 0.560. The Morgan fingerprint density at radius 1 is 0.142 bits per heavy atom. The van der Waals surface area contributed by atoms with E-state index in [1.165, 1.54) is 55.1 Å². The Morgan fingerprint density at radius 3 is 0.858 bits per heavy atom. The molecule has 0 fully saturated rings. The quantitative estimate of drug-likeness (QED) is 0.111. The fourth-order valence-corrected chi connectivity index (χ4v) is 22.5. The third-order valence-corrected chi connectivity index (χ3v) is 29.2. The Morgan fingerprint density at radius 2 is 0.426 bits per heavy atom. The smallest absolute Gasteiger partial charge is 0.227 e. The lowest BCUT2D eigenvalue weighted by Crippen LogP contribution is -2.00. The maximum absolute atomic E-state index is 6.37. The Labute approximate surface area is 811 Å². The summed E-state index contributed by atoms with van der Waals surface area (Å²) in [5.74, 6) is 7.09. The molecule has 0 unspecified atom stereocenters. The average Bonchev–Trinajstić information content (AvgIpc) is 1.63. The number of hydrogen-bond acceptors (Lipinski definition) is 21. The SMILES string of the molecule is c1ccc(-c2nc(-c3ccc4c(c3)sc3ccccc34)nc(-c3cccc4oc5ccc(-c6nc7ccccc7o6)cc5c34)n2)cc1.c1ccc(-c2nc(-c3ccc4sc5ccccc5c4c3)nc(-c3cccc4oc5ccc(-c6nc7ccccc7o6)cc5c34)n2)cc1.c1ccc(-c2nc(-c3cccc4oc5ccc(-c6nc7ccccc7o6)cc5c34)nc(-c3cccc4sc5ccccc5c34)n2)cc1. The molecule has 30 aromatic rings. The first-order chi connectivity index (χ1) is 69.8. The van der Waals surface area contributed by atoms with Gasteiger partial charge >= 0.3 is 0 Å². The molecule has 30 rings (SSSR count). The molecule has 12 aromatic heterocycles. The summed E-state index contributed by atoms with van der Waals surface area (Å²) in [6.07, 6.45) is 0. The Hall–Kier alpha value is -18.5. The van der Waals surface area contributed by atoms with E-state index in [1.54, 1.807) is 34.0 Å². The number of thiophene rings is 3. The standard InChI is InChI=1S/3C40H22N4O2S/c1-2-10-23(11-3-1)37-42-38(44-39(43-37)27-14-9-19-34-36(27)25-12-4-7-18-33(25)47-34)26-13-8-17-32-35(26)28-22-24(20-21-30(28)45-32)40-41-29-15-5-6-16-31(29)46-40;1-2-9-23(10-3-1)37-42-38(24-18-20-35-28(21-24)26-11-4-7-16-34(26)47-35)44-39(43-37)27-12-8-15-33-36(27)29-22-25(17-19-31(29)45-33)40-41-30-13-5-6-14-32(30)46-40;1-2-9-23(10-3-1)37-42-38(24-17-19-27-26-11-4-7-16-34(26)47-35(27)22-24)44-39(43-37)28-12-8-15-33-36(28)29-21-25(18-20-31(29)45-33)40-41-30-13-5-6-14-32(30)46-40/h3*1-22H. The van der Waals surface area contributed by atoms with E-state index < -0.39 is 0 Å². The molecule has 18 nitrogen and oxygen atoms in total. The van der Waals surface area contributed by atoms with E-state index in [2.05, 4.69) is 152 Å². The molecule has 0 atom stereocenters. The summed E-state index contributed by atoms with van der Waals surface area (Å²) in [5, 5.41) is 12.9. The highest BCUT2D eigenvalue weighted by molar-refractivity contribution is 7.26. The van der Waals surface area contributed by atoms with Gasteiger partial charge in [0.15, 0.2) is 69.2 Å². The lowest BCUT2D eigenvalue weighted by Gasteiger charge is -2.10. The second kappa shape index (κ2) is 33.2. The van der Waals surface area contributed by atoms with Crippen molar-refractivity contribution in [3.8, 4) is 137 Å². The van der Waals surface area contributed by atoms with Gasteiger partial charge in [-0.15, -0.1) is 34.0 Å². The van der Waals surface area contributed by atoms with Crippen molar-refractivity contribution in [1.29, 1.82) is 0 Å². The van der Waals surface area contributed by atoms with Crippen LogP contribution >= 0.6 is 34.0 Å². The first-order valence-corrected chi connectivity index (χ1v) is 48.4. The Bertz CT molecular complexity index is 10200. The van der Waals surface area contributed by atoms with Crippen LogP contribution in [0.4, 0.5) is 0 Å². The number of hydrogen-bond donors (Lipinski definition) is 0. The predicted molar refractivity (Wildman–Crippen MR) is 568 cm³/mol. The van der Waals surface area contributed by atoms with Gasteiger partial charge in [-0.1, -0.05) is 243 Å². The number of furan rings is 3. The van der Waals surface area contributed by atoms with E-state index in [4.69, 9.17) is 86.3 Å². The summed E-state index contributed by atoms with van der Waals surface area (Å²) < 4.78 is 44.8. The molecule has 0 spiro atoms. The maximum Gasteiger partial charge on any atom is 0.227 e. The van der Waals surface area contributed by atoms with Crippen molar-refractivity contribution in [3.05, 3.63) is 400 Å². The molecule has 0 bridgehead atoms. The Balaban J connectivity index is 0.000000104. The molecule has 141 heavy (non-hydrogen) atoms. The van der Waals surface area contributed by atoms with Crippen molar-refractivity contribution < 1.29 is 26.5 Å². The summed E-state index contributed by atoms with van der Waals surface area (Å²) in [4.78, 5) is 59.9. The molecule has 0 saturated heterocycles. The van der Waals surface area contributed by atoms with Gasteiger partial charge in [0.05, 0.1) is 0 Å². The van der Waals surface area contributed by atoms with Crippen LogP contribution < -0.4 is 0 Å². The molecule has 0 aliphatic heterocycles. The molecule has 0 N–H and O–H groups in total. The van der Waals surface area contributed by atoms with Crippen LogP contribution in [0.2, 0.25) is 0 Å². The van der Waals surface area contributed by atoms with Crippen LogP contribution in [0.15, 0.2) is 427 Å². The van der Waals surface area contributed by atoms with Crippen LogP contribution in [0.25, 0.3) is 296 Å². The summed E-state index contributed by atoms with van der Waals surface area (Å²) >= 11 is 5.36. The monoisotopic (exact) mass is 1870 g/mol. The van der Waals surface area contributed by atoms with Crippen LogP contribution in [0.1, 0.15) is 0 Å². The van der Waals surface area contributed by atoms with Crippen molar-refractivity contribution in [2.24, 2.45) is 0 Å². The molecule has 0 aliphatic carbocycles. The van der Waals surface area contributed by atoms with Gasteiger partial charge in [0.1, 0.15) is 50.0 Å². The summed E-state index contributed by atoms with van der Waals surface area (Å²) in [5.41, 5.74) is 20.0. The molecule has 0 amide bonds. The second-order valence-electron chi connectivity index (χ2n) is 34.3. The van der Waals surface area contributed by atoms with Gasteiger partial charge in [0.25, 0.3) is 0 Å². The minimum Gasteiger partial charge on any atom is -0.456 e. The first kappa shape index (κ1) is 80.9. The highest BCUT2D eigenvalue weighted by atomic mass is 32.1. The highest BCUT2D eigenvalue weighted by Crippen LogP contribution is 2.48. The molecule has 18 aromatic carbocycles. The van der Waals surface area contributed by atoms with Crippen molar-refractivity contribution in [2.75, 3.05) is 0 Å². The van der Waals surface area contributed by atoms with Crippen molar-refractivity contribution in [3.63, 3.8) is 0 Å². The van der Waals surface area contributed by atoms with Gasteiger partial charge in [0.2, 0.25) is 17.7 Å². The molecule has 660 valence electrons. The molecule has 0 aliphatic rings. The van der Waals surface area contributed by atoms with Gasteiger partial charge in [-0.3, -0.25) is 0 Å². The van der Waals surface area contributed by atoms with Crippen LogP contribution in [0.5, 0.6) is 0 Å². The van der Waals surface area contributed by atoms with Gasteiger partial charge in [-0.25, -0.2) is 59.8 Å². The lowest BCUT2D eigenvalue weighted by atomic mass is 10.0. The maximum atomic E-state index is 6.37. The normalized spacial score (nSPS) is 11.8. The molecule has 0 saturated carbocycles. The van der Waals surface area contributed by atoms with E-state index in [-0.39, 0.29) is 0 Å². The average molecular weight is 1870 g/mol. The highest BCUT2D eigenvalue weighted by Gasteiger charge is 2.27. The number of fused-ring (bicyclic) bond motifs is 21. The topological polar surface area (TPSA) is 234 Å². The zero-order chi connectivity index (χ0) is 92.7. The fraction of sp³-hybridized carbons (Fsp3) is 0. The minimum absolute atomic E-state index is 0.560. The van der Waals surface area contributed by atoms with E-state index in [0.29, 0.717) is 70.1 Å². The second-order valence-corrected chi connectivity index (χ2v) is 37.6. The van der Waals surface area contributed by atoms with Crippen LogP contribution in [0.3, 0.4) is 0 Å². The lowest BCUT2D eigenvalue weighted by molar-refractivity contribution is 0.619. The molecule has 12 heterocycles. The van der Waals surface area contributed by atoms with Gasteiger partial charge < -0.3 is 26.5 Å². The third-order valence-electron chi connectivity index (χ3n) is 25.7. The van der Waals surface area contributed by atoms with Gasteiger partial charge in [-0.05, 0) is 158 Å². The van der Waals surface area contributed by atoms with E-state index in [1.807, 2.05) is 249 Å². The molecule has 0 radical (unpaired) electrons. The number of benzene rings is 18. The Kier molecular flexibility index (Phi) is 19.0. The predicted octanol–water partition coefficient (Wildman–Crippen LogP) is 32.8. The zero-order valence-electron chi connectivity index (χ0n) is 74.1. The molecular formula is C120H66N12O6S3. The van der Waals surface area contributed by atoms with Crippen molar-refractivity contribution in [2.45, 2.75) is 0 Å². The van der Waals surface area contributed by atoms with E-state index in [9.17, 15) is 0 Å². The summed E-state index contributed by atoms with van der Waals surface area (Å²) in [7, 11) is 0. The first-order valence-electron chi connectivity index (χ1n) is 45.9. The summed E-state index contributed by atoms with van der Waals surface area (Å²) in [6.45, 7) is 0. The third kappa shape index (κ3) is 14.3. The largest absolute Gasteiger partial charge is 0.456 e. The number of nitrogens with zero attached hydrogens (tertiary/aromatic N) is 12. The van der Waals surface area contributed by atoms with Crippen molar-refractivity contribution in [1.82, 2.24) is 59.8 Å². The summed E-state index contributed by atoms with van der Waals surface area (Å²) in [6, 6.07) is 134.